The van der Waals surface area contributed by atoms with Gasteiger partial charge < -0.3 is 14.6 Å². The van der Waals surface area contributed by atoms with E-state index in [4.69, 9.17) is 9.47 Å². The van der Waals surface area contributed by atoms with Crippen molar-refractivity contribution >= 4 is 31.9 Å². The number of halogens is 2. The van der Waals surface area contributed by atoms with Crippen molar-refractivity contribution in [2.75, 3.05) is 14.2 Å². The van der Waals surface area contributed by atoms with Crippen LogP contribution in [0.5, 0.6) is 17.2 Å². The second-order valence-corrected chi connectivity index (χ2v) is 4.25. The van der Waals surface area contributed by atoms with E-state index in [9.17, 15) is 5.11 Å². The number of hydrogen-bond donors (Lipinski definition) is 1. The van der Waals surface area contributed by atoms with E-state index < -0.39 is 0 Å². The maximum Gasteiger partial charge on any atom is 0.173 e. The lowest BCUT2D eigenvalue weighted by Gasteiger charge is -2.14. The first-order chi connectivity index (χ1) is 6.54. The van der Waals surface area contributed by atoms with Gasteiger partial charge in [0, 0.05) is 5.56 Å². The highest BCUT2D eigenvalue weighted by atomic mass is 79.9. The summed E-state index contributed by atoms with van der Waals surface area (Å²) in [6.07, 6.45) is 0. The van der Waals surface area contributed by atoms with Gasteiger partial charge in [-0.05, 0) is 38.8 Å². The lowest BCUT2D eigenvalue weighted by atomic mass is 10.2. The van der Waals surface area contributed by atoms with E-state index in [1.807, 2.05) is 6.92 Å². The topological polar surface area (TPSA) is 38.7 Å². The fourth-order valence-corrected chi connectivity index (χ4v) is 2.25. The van der Waals surface area contributed by atoms with Gasteiger partial charge in [-0.15, -0.1) is 0 Å². The molecule has 1 aromatic carbocycles. The first kappa shape index (κ1) is 11.7. The summed E-state index contributed by atoms with van der Waals surface area (Å²) in [7, 11) is 3.07. The molecule has 0 aromatic heterocycles. The van der Waals surface area contributed by atoms with Crippen LogP contribution >= 0.6 is 31.9 Å². The Balaban J connectivity index is 3.56. The SMILES string of the molecule is COc1c(C)c(OC)c(Br)c(Br)c1O. The first-order valence-corrected chi connectivity index (χ1v) is 5.41. The molecule has 0 aliphatic heterocycles. The maximum atomic E-state index is 9.72. The van der Waals surface area contributed by atoms with Crippen LogP contribution in [-0.4, -0.2) is 19.3 Å². The van der Waals surface area contributed by atoms with Crippen LogP contribution in [-0.2, 0) is 0 Å². The van der Waals surface area contributed by atoms with E-state index in [0.717, 1.165) is 5.56 Å². The number of ether oxygens (including phenoxy) is 2. The Morgan fingerprint density at radius 2 is 1.50 bits per heavy atom. The number of aromatic hydroxyl groups is 1. The molecule has 0 aliphatic carbocycles. The van der Waals surface area contributed by atoms with Crippen molar-refractivity contribution in [3.63, 3.8) is 0 Å². The Hall–Kier alpha value is -0.420. The zero-order valence-corrected chi connectivity index (χ0v) is 11.2. The summed E-state index contributed by atoms with van der Waals surface area (Å²) >= 11 is 6.56. The van der Waals surface area contributed by atoms with Crippen molar-refractivity contribution < 1.29 is 14.6 Å². The average molecular weight is 326 g/mol. The fourth-order valence-electron chi connectivity index (χ4n) is 1.24. The molecule has 0 spiro atoms. The van der Waals surface area contributed by atoms with Crippen molar-refractivity contribution in [3.05, 3.63) is 14.5 Å². The van der Waals surface area contributed by atoms with Gasteiger partial charge in [0.05, 0.1) is 23.2 Å². The van der Waals surface area contributed by atoms with Crippen LogP contribution < -0.4 is 9.47 Å². The molecule has 1 rings (SSSR count). The molecule has 0 amide bonds. The van der Waals surface area contributed by atoms with Gasteiger partial charge in [0.25, 0.3) is 0 Å². The minimum Gasteiger partial charge on any atom is -0.503 e. The zero-order chi connectivity index (χ0) is 10.9. The molecule has 0 unspecified atom stereocenters. The largest absolute Gasteiger partial charge is 0.503 e. The third-order valence-electron chi connectivity index (χ3n) is 1.90. The summed E-state index contributed by atoms with van der Waals surface area (Å²) in [5.74, 6) is 1.13. The van der Waals surface area contributed by atoms with E-state index in [0.29, 0.717) is 20.4 Å². The molecule has 0 aliphatic rings. The predicted octanol–water partition coefficient (Wildman–Crippen LogP) is 3.24. The lowest BCUT2D eigenvalue weighted by molar-refractivity contribution is 0.357. The number of methoxy groups -OCH3 is 2. The third kappa shape index (κ3) is 1.70. The monoisotopic (exact) mass is 324 g/mol. The molecule has 0 radical (unpaired) electrons. The molecule has 0 bridgehead atoms. The Morgan fingerprint density at radius 3 is 1.93 bits per heavy atom. The number of phenols is 1. The lowest BCUT2D eigenvalue weighted by Crippen LogP contribution is -1.95. The van der Waals surface area contributed by atoms with Crippen LogP contribution in [0, 0.1) is 6.92 Å². The van der Waals surface area contributed by atoms with E-state index in [1.165, 1.54) is 7.11 Å². The zero-order valence-electron chi connectivity index (χ0n) is 8.02. The fraction of sp³-hybridized carbons (Fsp3) is 0.333. The van der Waals surface area contributed by atoms with Crippen LogP contribution in [0.2, 0.25) is 0 Å². The van der Waals surface area contributed by atoms with Crippen molar-refractivity contribution in [1.29, 1.82) is 0 Å². The predicted molar refractivity (Wildman–Crippen MR) is 61.3 cm³/mol. The average Bonchev–Trinajstić information content (AvgIpc) is 2.16. The number of phenolic OH excluding ortho intramolecular Hbond substituents is 1. The van der Waals surface area contributed by atoms with Crippen LogP contribution in [0.3, 0.4) is 0 Å². The molecule has 0 saturated carbocycles. The summed E-state index contributed by atoms with van der Waals surface area (Å²) < 4.78 is 11.5. The summed E-state index contributed by atoms with van der Waals surface area (Å²) in [6, 6.07) is 0. The minimum absolute atomic E-state index is 0.0673. The molecular weight excluding hydrogens is 316 g/mol. The van der Waals surface area contributed by atoms with Crippen molar-refractivity contribution in [2.24, 2.45) is 0 Å². The van der Waals surface area contributed by atoms with E-state index in [2.05, 4.69) is 31.9 Å². The van der Waals surface area contributed by atoms with Gasteiger partial charge in [-0.3, -0.25) is 0 Å². The normalized spacial score (nSPS) is 10.1. The molecule has 1 aromatic rings. The molecule has 0 heterocycles. The Labute approximate surface area is 99.3 Å². The van der Waals surface area contributed by atoms with Crippen LogP contribution in [0.1, 0.15) is 5.56 Å². The molecule has 0 fully saturated rings. The molecule has 5 heteroatoms. The second kappa shape index (κ2) is 4.40. The van der Waals surface area contributed by atoms with E-state index >= 15 is 0 Å². The summed E-state index contributed by atoms with van der Waals surface area (Å²) in [5, 5.41) is 9.72. The summed E-state index contributed by atoms with van der Waals surface area (Å²) in [4.78, 5) is 0. The second-order valence-electron chi connectivity index (χ2n) is 2.67. The molecule has 0 atom stereocenters. The number of hydrogen-bond acceptors (Lipinski definition) is 3. The standard InChI is InChI=1S/C9H10Br2O3/c1-4-8(13-2)6(11)5(10)7(12)9(4)14-3/h12H,1-3H3. The summed E-state index contributed by atoms with van der Waals surface area (Å²) in [5.41, 5.74) is 0.752. The molecular formula is C9H10Br2O3. The van der Waals surface area contributed by atoms with E-state index in [1.54, 1.807) is 7.11 Å². The van der Waals surface area contributed by atoms with Gasteiger partial charge in [0.2, 0.25) is 0 Å². The minimum atomic E-state index is 0.0673. The Bertz CT molecular complexity index is 333. The highest BCUT2D eigenvalue weighted by Crippen LogP contribution is 2.48. The van der Waals surface area contributed by atoms with Crippen molar-refractivity contribution in [3.8, 4) is 17.2 Å². The van der Waals surface area contributed by atoms with Gasteiger partial charge in [0.15, 0.2) is 11.5 Å². The Morgan fingerprint density at radius 1 is 1.00 bits per heavy atom. The highest BCUT2D eigenvalue weighted by molar-refractivity contribution is 9.13. The smallest absolute Gasteiger partial charge is 0.173 e. The molecule has 78 valence electrons. The third-order valence-corrected chi connectivity index (χ3v) is 3.97. The first-order valence-electron chi connectivity index (χ1n) is 3.83. The highest BCUT2D eigenvalue weighted by Gasteiger charge is 2.19. The van der Waals surface area contributed by atoms with Crippen molar-refractivity contribution in [1.82, 2.24) is 0 Å². The molecule has 3 nitrogen and oxygen atoms in total. The van der Waals surface area contributed by atoms with E-state index in [-0.39, 0.29) is 5.75 Å². The number of benzene rings is 1. The molecule has 0 saturated heterocycles. The van der Waals surface area contributed by atoms with Gasteiger partial charge in [-0.1, -0.05) is 0 Å². The number of rotatable bonds is 2. The van der Waals surface area contributed by atoms with Gasteiger partial charge in [-0.2, -0.15) is 0 Å². The quantitative estimate of drug-likeness (QED) is 0.907. The maximum absolute atomic E-state index is 9.72. The van der Waals surface area contributed by atoms with Crippen LogP contribution in [0.4, 0.5) is 0 Å². The Kier molecular flexibility index (Phi) is 3.66. The summed E-state index contributed by atoms with van der Waals surface area (Å²) in [6.45, 7) is 1.81. The molecule has 14 heavy (non-hydrogen) atoms. The van der Waals surface area contributed by atoms with Crippen LogP contribution in [0.25, 0.3) is 0 Å². The van der Waals surface area contributed by atoms with Crippen LogP contribution in [0.15, 0.2) is 8.95 Å². The molecule has 1 N–H and O–H groups in total. The van der Waals surface area contributed by atoms with Gasteiger partial charge in [-0.25, -0.2) is 0 Å². The van der Waals surface area contributed by atoms with Crippen molar-refractivity contribution in [2.45, 2.75) is 6.92 Å². The van der Waals surface area contributed by atoms with Gasteiger partial charge in [0.1, 0.15) is 5.75 Å². The van der Waals surface area contributed by atoms with Gasteiger partial charge >= 0.3 is 0 Å².